The summed E-state index contributed by atoms with van der Waals surface area (Å²) in [6.07, 6.45) is 4.54. The number of carbonyl (C=O) groups is 1. The molecule has 2 aliphatic rings. The number of amides is 1. The van der Waals surface area contributed by atoms with Crippen LogP contribution in [0.1, 0.15) is 38.2 Å². The molecule has 2 fully saturated rings. The Bertz CT molecular complexity index is 586. The number of anilines is 1. The standard InChI is InChI=1S/C17H23N3OS/c1-11-7-9-12(10-8-11)18-16(22)17(2)15(21)19-13-5-3-4-6-14(13)20-17/h7-10,13-14,20H,3-6H2,1-2H3,(H,18,22)(H,19,21)/t13-,14-,17-/m1/s1. The van der Waals surface area contributed by atoms with Crippen LogP contribution in [-0.2, 0) is 4.79 Å². The maximum atomic E-state index is 12.6. The normalized spacial score (nSPS) is 31.1. The Morgan fingerprint density at radius 3 is 2.55 bits per heavy atom. The number of hydrogen-bond donors (Lipinski definition) is 3. The second-order valence-electron chi connectivity index (χ2n) is 6.56. The summed E-state index contributed by atoms with van der Waals surface area (Å²) in [5.41, 5.74) is 1.26. The summed E-state index contributed by atoms with van der Waals surface area (Å²) in [5.74, 6) is -0.0275. The third-order valence-electron chi connectivity index (χ3n) is 4.77. The van der Waals surface area contributed by atoms with E-state index in [0.717, 1.165) is 18.5 Å². The van der Waals surface area contributed by atoms with Crippen molar-refractivity contribution in [3.05, 3.63) is 29.8 Å². The van der Waals surface area contributed by atoms with Crippen LogP contribution in [0.15, 0.2) is 24.3 Å². The van der Waals surface area contributed by atoms with Gasteiger partial charge in [0.15, 0.2) is 0 Å². The molecule has 0 radical (unpaired) electrons. The molecule has 1 heterocycles. The van der Waals surface area contributed by atoms with Crippen LogP contribution >= 0.6 is 12.2 Å². The van der Waals surface area contributed by atoms with Crippen molar-refractivity contribution >= 4 is 28.8 Å². The predicted molar refractivity (Wildman–Crippen MR) is 93.1 cm³/mol. The zero-order valence-corrected chi connectivity index (χ0v) is 13.9. The van der Waals surface area contributed by atoms with Crippen molar-refractivity contribution in [1.29, 1.82) is 0 Å². The minimum atomic E-state index is -0.848. The summed E-state index contributed by atoms with van der Waals surface area (Å²) in [5, 5.41) is 9.87. The van der Waals surface area contributed by atoms with Gasteiger partial charge in [0.2, 0.25) is 5.91 Å². The van der Waals surface area contributed by atoms with E-state index in [4.69, 9.17) is 12.2 Å². The van der Waals surface area contributed by atoms with Gasteiger partial charge in [-0.05, 0) is 38.8 Å². The maximum absolute atomic E-state index is 12.6. The van der Waals surface area contributed by atoms with Crippen LogP contribution < -0.4 is 16.0 Å². The number of rotatable bonds is 2. The molecule has 3 rings (SSSR count). The van der Waals surface area contributed by atoms with E-state index in [-0.39, 0.29) is 11.9 Å². The highest BCUT2D eigenvalue weighted by molar-refractivity contribution is 7.80. The van der Waals surface area contributed by atoms with Crippen LogP contribution in [0.25, 0.3) is 0 Å². The highest BCUT2D eigenvalue weighted by Gasteiger charge is 2.46. The first kappa shape index (κ1) is 15.4. The van der Waals surface area contributed by atoms with Crippen LogP contribution in [0.2, 0.25) is 0 Å². The van der Waals surface area contributed by atoms with E-state index in [1.54, 1.807) is 0 Å². The van der Waals surface area contributed by atoms with Crippen molar-refractivity contribution in [3.8, 4) is 0 Å². The van der Waals surface area contributed by atoms with Gasteiger partial charge < -0.3 is 10.6 Å². The Morgan fingerprint density at radius 1 is 1.23 bits per heavy atom. The van der Waals surface area contributed by atoms with E-state index in [9.17, 15) is 4.79 Å². The van der Waals surface area contributed by atoms with Crippen molar-refractivity contribution in [2.45, 2.75) is 57.2 Å². The lowest BCUT2D eigenvalue weighted by atomic mass is 9.84. The van der Waals surface area contributed by atoms with Crippen molar-refractivity contribution < 1.29 is 4.79 Å². The summed E-state index contributed by atoms with van der Waals surface area (Å²) in [7, 11) is 0. The maximum Gasteiger partial charge on any atom is 0.247 e. The van der Waals surface area contributed by atoms with Gasteiger partial charge in [0.05, 0.1) is 0 Å². The summed E-state index contributed by atoms with van der Waals surface area (Å²) in [6.45, 7) is 3.92. The van der Waals surface area contributed by atoms with Crippen LogP contribution in [0.3, 0.4) is 0 Å². The first-order valence-corrected chi connectivity index (χ1v) is 8.37. The van der Waals surface area contributed by atoms with Gasteiger partial charge in [0, 0.05) is 17.8 Å². The molecule has 0 spiro atoms. The fourth-order valence-electron chi connectivity index (χ4n) is 3.29. The van der Waals surface area contributed by atoms with Crippen LogP contribution in [0.5, 0.6) is 0 Å². The Labute approximate surface area is 137 Å². The lowest BCUT2D eigenvalue weighted by Gasteiger charge is -2.45. The van der Waals surface area contributed by atoms with Crippen LogP contribution in [-0.4, -0.2) is 28.5 Å². The molecule has 1 saturated heterocycles. The Kier molecular flexibility index (Phi) is 4.19. The first-order valence-electron chi connectivity index (χ1n) is 7.96. The zero-order valence-electron chi connectivity index (χ0n) is 13.1. The third kappa shape index (κ3) is 2.88. The molecular formula is C17H23N3OS. The van der Waals surface area contributed by atoms with Gasteiger partial charge >= 0.3 is 0 Å². The van der Waals surface area contributed by atoms with Crippen molar-refractivity contribution in [2.75, 3.05) is 5.32 Å². The van der Waals surface area contributed by atoms with E-state index in [0.29, 0.717) is 11.0 Å². The molecule has 22 heavy (non-hydrogen) atoms. The molecule has 0 aromatic heterocycles. The number of fused-ring (bicyclic) bond motifs is 1. The van der Waals surface area contributed by atoms with Gasteiger partial charge in [-0.1, -0.05) is 42.8 Å². The molecule has 4 nitrogen and oxygen atoms in total. The van der Waals surface area contributed by atoms with E-state index in [2.05, 4.69) is 16.0 Å². The Balaban J connectivity index is 1.74. The fraction of sp³-hybridized carbons (Fsp3) is 0.529. The molecule has 1 aliphatic carbocycles. The van der Waals surface area contributed by atoms with E-state index in [1.165, 1.54) is 18.4 Å². The minimum Gasteiger partial charge on any atom is -0.350 e. The number of benzene rings is 1. The molecule has 1 aromatic carbocycles. The van der Waals surface area contributed by atoms with Crippen molar-refractivity contribution in [3.63, 3.8) is 0 Å². The smallest absolute Gasteiger partial charge is 0.247 e. The lowest BCUT2D eigenvalue weighted by Crippen LogP contribution is -2.73. The number of aryl methyl sites for hydroxylation is 1. The number of piperazine rings is 1. The summed E-state index contributed by atoms with van der Waals surface area (Å²) in [6, 6.07) is 8.58. The predicted octanol–water partition coefficient (Wildman–Crippen LogP) is 2.52. The Hall–Kier alpha value is -1.46. The van der Waals surface area contributed by atoms with E-state index < -0.39 is 5.54 Å². The third-order valence-corrected chi connectivity index (χ3v) is 5.28. The topological polar surface area (TPSA) is 53.2 Å². The molecule has 118 valence electrons. The fourth-order valence-corrected chi connectivity index (χ4v) is 3.56. The molecular weight excluding hydrogens is 294 g/mol. The summed E-state index contributed by atoms with van der Waals surface area (Å²) in [4.78, 5) is 13.1. The second kappa shape index (κ2) is 5.97. The van der Waals surface area contributed by atoms with Gasteiger partial charge in [0.25, 0.3) is 0 Å². The average molecular weight is 317 g/mol. The first-order chi connectivity index (χ1) is 10.5. The van der Waals surface area contributed by atoms with Crippen LogP contribution in [0.4, 0.5) is 5.69 Å². The molecule has 1 amide bonds. The monoisotopic (exact) mass is 317 g/mol. The van der Waals surface area contributed by atoms with Gasteiger partial charge in [-0.2, -0.15) is 0 Å². The highest BCUT2D eigenvalue weighted by Crippen LogP contribution is 2.26. The molecule has 0 bridgehead atoms. The van der Waals surface area contributed by atoms with Gasteiger partial charge in [-0.15, -0.1) is 0 Å². The van der Waals surface area contributed by atoms with Crippen molar-refractivity contribution in [1.82, 2.24) is 10.6 Å². The average Bonchev–Trinajstić information content (AvgIpc) is 2.50. The van der Waals surface area contributed by atoms with Gasteiger partial charge in [-0.3, -0.25) is 10.1 Å². The molecule has 1 saturated carbocycles. The van der Waals surface area contributed by atoms with Gasteiger partial charge in [0.1, 0.15) is 10.5 Å². The molecule has 3 N–H and O–H groups in total. The lowest BCUT2D eigenvalue weighted by molar-refractivity contribution is -0.128. The second-order valence-corrected chi connectivity index (χ2v) is 6.97. The molecule has 0 unspecified atom stereocenters. The minimum absolute atomic E-state index is 0.0275. The molecule has 1 aliphatic heterocycles. The number of hydrogen-bond acceptors (Lipinski definition) is 3. The number of nitrogens with one attached hydrogen (secondary N) is 3. The molecule has 3 atom stereocenters. The van der Waals surface area contributed by atoms with Gasteiger partial charge in [-0.25, -0.2) is 0 Å². The molecule has 1 aromatic rings. The largest absolute Gasteiger partial charge is 0.350 e. The number of thiocarbonyl (C=S) groups is 1. The van der Waals surface area contributed by atoms with Crippen LogP contribution in [0, 0.1) is 6.92 Å². The summed E-state index contributed by atoms with van der Waals surface area (Å²) >= 11 is 5.54. The Morgan fingerprint density at radius 2 is 1.86 bits per heavy atom. The SMILES string of the molecule is Cc1ccc(NC(=S)[C@]2(C)N[C@@H]3CCCC[C@H]3NC2=O)cc1. The van der Waals surface area contributed by atoms with E-state index in [1.807, 2.05) is 38.1 Å². The highest BCUT2D eigenvalue weighted by atomic mass is 32.1. The zero-order chi connectivity index (χ0) is 15.7. The quantitative estimate of drug-likeness (QED) is 0.734. The van der Waals surface area contributed by atoms with Crippen molar-refractivity contribution in [2.24, 2.45) is 0 Å². The molecule has 5 heteroatoms. The summed E-state index contributed by atoms with van der Waals surface area (Å²) < 4.78 is 0. The number of carbonyl (C=O) groups excluding carboxylic acids is 1. The van der Waals surface area contributed by atoms with E-state index >= 15 is 0 Å².